The second kappa shape index (κ2) is 5.79. The van der Waals surface area contributed by atoms with Crippen LogP contribution < -0.4 is 0 Å². The van der Waals surface area contributed by atoms with Crippen molar-refractivity contribution in [2.45, 2.75) is 32.8 Å². The van der Waals surface area contributed by atoms with Gasteiger partial charge in [-0.25, -0.2) is 0 Å². The van der Waals surface area contributed by atoms with Gasteiger partial charge in [-0.05, 0) is 33.4 Å². The minimum Gasteiger partial charge on any atom is -0.389 e. The lowest BCUT2D eigenvalue weighted by atomic mass is 10.1. The summed E-state index contributed by atoms with van der Waals surface area (Å²) in [4.78, 5) is 2.21. The van der Waals surface area contributed by atoms with Gasteiger partial charge in [0, 0.05) is 12.4 Å². The number of likely N-dealkylation sites (N-methyl/N-ethyl adjacent to an activating group) is 1. The first-order valence-electron chi connectivity index (χ1n) is 4.50. The third kappa shape index (κ3) is 6.89. The van der Waals surface area contributed by atoms with E-state index in [9.17, 15) is 5.11 Å². The Morgan fingerprint density at radius 2 is 2.00 bits per heavy atom. The minimum absolute atomic E-state index is 0.595. The van der Waals surface area contributed by atoms with E-state index in [2.05, 4.69) is 11.8 Å². The Kier molecular flexibility index (Phi) is 5.89. The molecule has 0 unspecified atom stereocenters. The van der Waals surface area contributed by atoms with E-state index in [4.69, 9.17) is 11.6 Å². The van der Waals surface area contributed by atoms with Crippen molar-refractivity contribution >= 4 is 11.6 Å². The highest BCUT2D eigenvalue weighted by Crippen LogP contribution is 2.05. The fraction of sp³-hybridized carbons (Fsp3) is 1.00. The van der Waals surface area contributed by atoms with Crippen LogP contribution in [-0.2, 0) is 0 Å². The number of halogens is 1. The second-order valence-corrected chi connectivity index (χ2v) is 4.10. The third-order valence-corrected chi connectivity index (χ3v) is 1.93. The minimum atomic E-state index is -0.595. The van der Waals surface area contributed by atoms with Crippen LogP contribution in [0.25, 0.3) is 0 Å². The van der Waals surface area contributed by atoms with E-state index in [0.717, 1.165) is 26.1 Å². The Bertz CT molecular complexity index is 112. The number of aliphatic hydroxyl groups is 1. The molecular weight excluding hydrogens is 174 g/mol. The van der Waals surface area contributed by atoms with Gasteiger partial charge in [-0.15, -0.1) is 11.6 Å². The maximum atomic E-state index is 9.54. The average molecular weight is 194 g/mol. The lowest BCUT2D eigenvalue weighted by molar-refractivity contribution is 0.0380. The van der Waals surface area contributed by atoms with E-state index in [0.29, 0.717) is 5.88 Å². The first-order valence-corrected chi connectivity index (χ1v) is 5.03. The molecule has 3 heteroatoms. The van der Waals surface area contributed by atoms with E-state index in [-0.39, 0.29) is 0 Å². The molecule has 0 rings (SSSR count). The molecule has 0 saturated carbocycles. The molecule has 0 aliphatic rings. The monoisotopic (exact) mass is 193 g/mol. The summed E-state index contributed by atoms with van der Waals surface area (Å²) in [5.41, 5.74) is -0.595. The van der Waals surface area contributed by atoms with Crippen LogP contribution >= 0.6 is 11.6 Å². The van der Waals surface area contributed by atoms with E-state index in [1.54, 1.807) is 0 Å². The van der Waals surface area contributed by atoms with Crippen LogP contribution in [0.1, 0.15) is 27.2 Å². The van der Waals surface area contributed by atoms with Crippen LogP contribution in [0.15, 0.2) is 0 Å². The largest absolute Gasteiger partial charge is 0.389 e. The maximum absolute atomic E-state index is 9.54. The number of alkyl halides is 1. The Morgan fingerprint density at radius 3 is 2.33 bits per heavy atom. The number of hydrogen-bond acceptors (Lipinski definition) is 2. The van der Waals surface area contributed by atoms with Gasteiger partial charge in [0.25, 0.3) is 0 Å². The summed E-state index contributed by atoms with van der Waals surface area (Å²) in [6.07, 6.45) is 0.992. The summed E-state index contributed by atoms with van der Waals surface area (Å²) < 4.78 is 0. The van der Waals surface area contributed by atoms with E-state index in [1.165, 1.54) is 0 Å². The molecule has 12 heavy (non-hydrogen) atoms. The van der Waals surface area contributed by atoms with Crippen molar-refractivity contribution in [2.75, 3.05) is 25.5 Å². The first kappa shape index (κ1) is 12.2. The topological polar surface area (TPSA) is 23.5 Å². The predicted molar refractivity (Wildman–Crippen MR) is 53.7 cm³/mol. The molecular formula is C9H20ClNO. The molecule has 0 fully saturated rings. The van der Waals surface area contributed by atoms with Gasteiger partial charge >= 0.3 is 0 Å². The van der Waals surface area contributed by atoms with Gasteiger partial charge in [0.2, 0.25) is 0 Å². The summed E-state index contributed by atoms with van der Waals surface area (Å²) in [5.74, 6) is 0.697. The summed E-state index contributed by atoms with van der Waals surface area (Å²) >= 11 is 5.58. The summed E-state index contributed by atoms with van der Waals surface area (Å²) in [6.45, 7) is 8.43. The standard InChI is InChI=1S/C9H20ClNO/c1-4-11(7-5-6-10)8-9(2,3)12/h12H,4-8H2,1-3H3. The van der Waals surface area contributed by atoms with Gasteiger partial charge in [0.1, 0.15) is 0 Å². The lowest BCUT2D eigenvalue weighted by Crippen LogP contribution is -2.39. The first-order chi connectivity index (χ1) is 5.49. The molecule has 0 bridgehead atoms. The molecule has 0 aromatic carbocycles. The Labute approximate surface area is 80.5 Å². The molecule has 0 aromatic heterocycles. The van der Waals surface area contributed by atoms with Crippen LogP contribution in [0, 0.1) is 0 Å². The highest BCUT2D eigenvalue weighted by atomic mass is 35.5. The molecule has 0 aliphatic carbocycles. The van der Waals surface area contributed by atoms with Gasteiger partial charge in [-0.3, -0.25) is 0 Å². The van der Waals surface area contributed by atoms with Crippen LogP contribution in [-0.4, -0.2) is 41.1 Å². The lowest BCUT2D eigenvalue weighted by Gasteiger charge is -2.27. The third-order valence-electron chi connectivity index (χ3n) is 1.67. The SMILES string of the molecule is CCN(CCCCl)CC(C)(C)O. The highest BCUT2D eigenvalue weighted by molar-refractivity contribution is 6.17. The highest BCUT2D eigenvalue weighted by Gasteiger charge is 2.16. The van der Waals surface area contributed by atoms with Crippen LogP contribution in [0.5, 0.6) is 0 Å². The van der Waals surface area contributed by atoms with E-state index >= 15 is 0 Å². The normalized spacial score (nSPS) is 12.5. The van der Waals surface area contributed by atoms with Crippen LogP contribution in [0.3, 0.4) is 0 Å². The van der Waals surface area contributed by atoms with Crippen molar-refractivity contribution in [3.8, 4) is 0 Å². The van der Waals surface area contributed by atoms with Gasteiger partial charge < -0.3 is 10.0 Å². The smallest absolute Gasteiger partial charge is 0.0718 e. The van der Waals surface area contributed by atoms with Gasteiger partial charge in [-0.1, -0.05) is 6.92 Å². The number of nitrogens with zero attached hydrogens (tertiary/aromatic N) is 1. The average Bonchev–Trinajstić information content (AvgIpc) is 1.95. The second-order valence-electron chi connectivity index (χ2n) is 3.72. The molecule has 2 nitrogen and oxygen atoms in total. The molecule has 74 valence electrons. The van der Waals surface area contributed by atoms with Gasteiger partial charge in [-0.2, -0.15) is 0 Å². The van der Waals surface area contributed by atoms with Crippen molar-refractivity contribution < 1.29 is 5.11 Å². The van der Waals surface area contributed by atoms with E-state index < -0.39 is 5.60 Å². The quantitative estimate of drug-likeness (QED) is 0.650. The molecule has 0 radical (unpaired) electrons. The Morgan fingerprint density at radius 1 is 1.42 bits per heavy atom. The van der Waals surface area contributed by atoms with Crippen LogP contribution in [0.2, 0.25) is 0 Å². The summed E-state index contributed by atoms with van der Waals surface area (Å²) in [5, 5.41) is 9.54. The fourth-order valence-corrected chi connectivity index (χ4v) is 1.30. The van der Waals surface area contributed by atoms with E-state index in [1.807, 2.05) is 13.8 Å². The Balaban J connectivity index is 3.67. The van der Waals surface area contributed by atoms with Crippen LogP contribution in [0.4, 0.5) is 0 Å². The van der Waals surface area contributed by atoms with Gasteiger partial charge in [0.05, 0.1) is 5.60 Å². The molecule has 0 aliphatic heterocycles. The van der Waals surface area contributed by atoms with Crippen molar-refractivity contribution in [1.82, 2.24) is 4.90 Å². The van der Waals surface area contributed by atoms with Crippen molar-refractivity contribution in [1.29, 1.82) is 0 Å². The molecule has 0 heterocycles. The fourth-order valence-electron chi connectivity index (χ4n) is 1.18. The molecule has 0 aromatic rings. The predicted octanol–water partition coefficient (Wildman–Crippen LogP) is 1.71. The maximum Gasteiger partial charge on any atom is 0.0718 e. The molecule has 0 saturated heterocycles. The van der Waals surface area contributed by atoms with Crippen molar-refractivity contribution in [3.63, 3.8) is 0 Å². The Hall–Kier alpha value is 0.210. The molecule has 1 N–H and O–H groups in total. The summed E-state index contributed by atoms with van der Waals surface area (Å²) in [7, 11) is 0. The summed E-state index contributed by atoms with van der Waals surface area (Å²) in [6, 6.07) is 0. The zero-order valence-corrected chi connectivity index (χ0v) is 9.06. The molecule has 0 amide bonds. The molecule has 0 atom stereocenters. The molecule has 0 spiro atoms. The number of hydrogen-bond donors (Lipinski definition) is 1. The van der Waals surface area contributed by atoms with Crippen molar-refractivity contribution in [2.24, 2.45) is 0 Å². The number of rotatable bonds is 6. The zero-order chi connectivity index (χ0) is 9.61. The van der Waals surface area contributed by atoms with Crippen molar-refractivity contribution in [3.05, 3.63) is 0 Å². The van der Waals surface area contributed by atoms with Gasteiger partial charge in [0.15, 0.2) is 0 Å². The zero-order valence-electron chi connectivity index (χ0n) is 8.31.